The predicted molar refractivity (Wildman–Crippen MR) is 89.2 cm³/mol. The van der Waals surface area contributed by atoms with Crippen molar-refractivity contribution in [2.75, 3.05) is 0 Å². The second kappa shape index (κ2) is 7.02. The van der Waals surface area contributed by atoms with Crippen LogP contribution in [0, 0.1) is 5.82 Å². The van der Waals surface area contributed by atoms with Gasteiger partial charge in [0.15, 0.2) is 0 Å². The first-order valence-electron chi connectivity index (χ1n) is 7.95. The van der Waals surface area contributed by atoms with Gasteiger partial charge in [0.1, 0.15) is 11.5 Å². The number of alkyl halides is 2. The monoisotopic (exact) mass is 371 g/mol. The molecule has 0 aliphatic rings. The molecule has 0 unspecified atom stereocenters. The SMILES string of the molecule is Fc1cccc(-c2cn(Cc3ccc(-c4nnc(C(F)F)o4)cc3)nn2)c1. The lowest BCUT2D eigenvalue weighted by molar-refractivity contribution is 0.116. The summed E-state index contributed by atoms with van der Waals surface area (Å²) in [6.07, 6.45) is -1.08. The van der Waals surface area contributed by atoms with E-state index in [0.717, 1.165) is 5.56 Å². The molecule has 0 amide bonds. The van der Waals surface area contributed by atoms with Gasteiger partial charge >= 0.3 is 6.43 Å². The molecule has 2 aromatic carbocycles. The normalized spacial score (nSPS) is 11.3. The van der Waals surface area contributed by atoms with Crippen LogP contribution in [0.4, 0.5) is 13.2 Å². The van der Waals surface area contributed by atoms with Gasteiger partial charge in [0.25, 0.3) is 5.89 Å². The fourth-order valence-electron chi connectivity index (χ4n) is 2.53. The van der Waals surface area contributed by atoms with Crippen molar-refractivity contribution in [3.8, 4) is 22.7 Å². The molecule has 0 N–H and O–H groups in total. The van der Waals surface area contributed by atoms with E-state index in [9.17, 15) is 13.2 Å². The Labute approximate surface area is 151 Å². The Hall–Kier alpha value is -3.49. The van der Waals surface area contributed by atoms with Gasteiger partial charge < -0.3 is 4.42 Å². The molecule has 9 heteroatoms. The lowest BCUT2D eigenvalue weighted by Crippen LogP contribution is -2.00. The zero-order chi connectivity index (χ0) is 18.8. The van der Waals surface area contributed by atoms with Gasteiger partial charge in [-0.2, -0.15) is 8.78 Å². The molecule has 136 valence electrons. The molecule has 4 aromatic rings. The van der Waals surface area contributed by atoms with Crippen LogP contribution in [0.15, 0.2) is 59.1 Å². The van der Waals surface area contributed by atoms with Crippen LogP contribution in [0.3, 0.4) is 0 Å². The summed E-state index contributed by atoms with van der Waals surface area (Å²) in [5.74, 6) is -1.01. The van der Waals surface area contributed by atoms with Gasteiger partial charge in [-0.25, -0.2) is 9.07 Å². The minimum absolute atomic E-state index is 0.0333. The molecule has 2 heterocycles. The molecule has 0 saturated carbocycles. The second-order valence-electron chi connectivity index (χ2n) is 5.75. The average molecular weight is 371 g/mol. The first-order chi connectivity index (χ1) is 13.1. The van der Waals surface area contributed by atoms with Crippen molar-refractivity contribution in [3.63, 3.8) is 0 Å². The summed E-state index contributed by atoms with van der Waals surface area (Å²) in [5.41, 5.74) is 2.65. The summed E-state index contributed by atoms with van der Waals surface area (Å²) in [6.45, 7) is 0.439. The molecule has 0 atom stereocenters. The van der Waals surface area contributed by atoms with Crippen molar-refractivity contribution in [2.45, 2.75) is 13.0 Å². The van der Waals surface area contributed by atoms with Crippen LogP contribution in [-0.4, -0.2) is 25.2 Å². The van der Waals surface area contributed by atoms with Crippen LogP contribution >= 0.6 is 0 Å². The number of halogens is 3. The molecule has 0 aliphatic heterocycles. The number of hydrogen-bond donors (Lipinski definition) is 0. The maximum absolute atomic E-state index is 13.3. The third-order valence-electron chi connectivity index (χ3n) is 3.83. The quantitative estimate of drug-likeness (QED) is 0.528. The number of rotatable bonds is 5. The van der Waals surface area contributed by atoms with Gasteiger partial charge in [0, 0.05) is 11.1 Å². The molecular formula is C18H12F3N5O. The highest BCUT2D eigenvalue weighted by Gasteiger charge is 2.16. The lowest BCUT2D eigenvalue weighted by atomic mass is 10.1. The second-order valence-corrected chi connectivity index (χ2v) is 5.75. The largest absolute Gasteiger partial charge is 0.415 e. The first-order valence-corrected chi connectivity index (χ1v) is 7.95. The molecule has 0 spiro atoms. The lowest BCUT2D eigenvalue weighted by Gasteiger charge is -2.02. The van der Waals surface area contributed by atoms with Gasteiger partial charge in [-0.3, -0.25) is 0 Å². The van der Waals surface area contributed by atoms with Crippen LogP contribution in [0.5, 0.6) is 0 Å². The van der Waals surface area contributed by atoms with E-state index in [1.165, 1.54) is 12.1 Å². The van der Waals surface area contributed by atoms with Gasteiger partial charge in [-0.15, -0.1) is 15.3 Å². The fourth-order valence-corrected chi connectivity index (χ4v) is 2.53. The van der Waals surface area contributed by atoms with Gasteiger partial charge in [0.2, 0.25) is 5.89 Å². The van der Waals surface area contributed by atoms with Crippen LogP contribution in [0.1, 0.15) is 17.9 Å². The van der Waals surface area contributed by atoms with E-state index < -0.39 is 12.3 Å². The number of hydrogen-bond acceptors (Lipinski definition) is 5. The zero-order valence-corrected chi connectivity index (χ0v) is 13.8. The van der Waals surface area contributed by atoms with Crippen molar-refractivity contribution in [2.24, 2.45) is 0 Å². The third kappa shape index (κ3) is 3.71. The first kappa shape index (κ1) is 17.0. The van der Waals surface area contributed by atoms with E-state index in [1.807, 2.05) is 0 Å². The molecule has 2 aromatic heterocycles. The molecule has 0 radical (unpaired) electrons. The van der Waals surface area contributed by atoms with E-state index in [-0.39, 0.29) is 11.7 Å². The Morgan fingerprint density at radius 3 is 2.48 bits per heavy atom. The molecular weight excluding hydrogens is 359 g/mol. The highest BCUT2D eigenvalue weighted by molar-refractivity contribution is 5.57. The Morgan fingerprint density at radius 2 is 1.78 bits per heavy atom. The predicted octanol–water partition coefficient (Wildman–Crippen LogP) is 4.12. The molecule has 4 rings (SSSR count). The van der Waals surface area contributed by atoms with E-state index in [4.69, 9.17) is 4.42 Å². The van der Waals surface area contributed by atoms with E-state index >= 15 is 0 Å². The summed E-state index contributed by atoms with van der Waals surface area (Å²) in [6, 6.07) is 13.1. The van der Waals surface area contributed by atoms with Gasteiger partial charge in [-0.1, -0.05) is 29.5 Å². The Kier molecular flexibility index (Phi) is 4.41. The van der Waals surface area contributed by atoms with Crippen LogP contribution in [-0.2, 0) is 6.54 Å². The molecule has 0 aliphatic carbocycles. The molecule has 0 fully saturated rings. The molecule has 0 bridgehead atoms. The van der Waals surface area contributed by atoms with Crippen molar-refractivity contribution in [3.05, 3.63) is 72.0 Å². The average Bonchev–Trinajstić information content (AvgIpc) is 3.32. The summed E-state index contributed by atoms with van der Waals surface area (Å²) in [7, 11) is 0. The van der Waals surface area contributed by atoms with E-state index in [2.05, 4.69) is 20.5 Å². The smallest absolute Gasteiger partial charge is 0.314 e. The van der Waals surface area contributed by atoms with Crippen molar-refractivity contribution in [1.82, 2.24) is 25.2 Å². The number of benzene rings is 2. The van der Waals surface area contributed by atoms with Gasteiger partial charge in [-0.05, 0) is 29.8 Å². The zero-order valence-electron chi connectivity index (χ0n) is 13.8. The number of nitrogens with zero attached hydrogens (tertiary/aromatic N) is 5. The Bertz CT molecular complexity index is 1060. The van der Waals surface area contributed by atoms with Crippen molar-refractivity contribution in [1.29, 1.82) is 0 Å². The Morgan fingerprint density at radius 1 is 0.963 bits per heavy atom. The van der Waals surface area contributed by atoms with Crippen molar-refractivity contribution < 1.29 is 17.6 Å². The topological polar surface area (TPSA) is 69.6 Å². The van der Waals surface area contributed by atoms with Crippen LogP contribution < -0.4 is 0 Å². The highest BCUT2D eigenvalue weighted by Crippen LogP contribution is 2.23. The van der Waals surface area contributed by atoms with E-state index in [1.54, 1.807) is 47.3 Å². The summed E-state index contributed by atoms with van der Waals surface area (Å²) in [5, 5.41) is 15.0. The van der Waals surface area contributed by atoms with Crippen LogP contribution in [0.25, 0.3) is 22.7 Å². The number of aromatic nitrogens is 5. The highest BCUT2D eigenvalue weighted by atomic mass is 19.3. The van der Waals surface area contributed by atoms with Gasteiger partial charge in [0.05, 0.1) is 12.7 Å². The summed E-state index contributed by atoms with van der Waals surface area (Å²) in [4.78, 5) is 0. The van der Waals surface area contributed by atoms with E-state index in [0.29, 0.717) is 23.4 Å². The molecule has 0 saturated heterocycles. The third-order valence-corrected chi connectivity index (χ3v) is 3.83. The molecule has 27 heavy (non-hydrogen) atoms. The summed E-state index contributed by atoms with van der Waals surface area (Å²) >= 11 is 0. The standard InChI is InChI=1S/C18H12F3N5O/c19-14-3-1-2-13(8-14)15-10-26(25-22-15)9-11-4-6-12(7-5-11)17-23-24-18(27-17)16(20)21/h1-8,10,16H,9H2. The fraction of sp³-hybridized carbons (Fsp3) is 0.111. The minimum atomic E-state index is -2.80. The van der Waals surface area contributed by atoms with Crippen LogP contribution in [0.2, 0.25) is 0 Å². The maximum atomic E-state index is 13.3. The maximum Gasteiger partial charge on any atom is 0.314 e. The molecule has 6 nitrogen and oxygen atoms in total. The minimum Gasteiger partial charge on any atom is -0.415 e. The summed E-state index contributed by atoms with van der Waals surface area (Å²) < 4.78 is 44.9. The van der Waals surface area contributed by atoms with Crippen molar-refractivity contribution >= 4 is 0 Å². The Balaban J connectivity index is 1.49.